The van der Waals surface area contributed by atoms with Crippen molar-refractivity contribution in [2.75, 3.05) is 0 Å². The summed E-state index contributed by atoms with van der Waals surface area (Å²) in [4.78, 5) is 4.83. The Morgan fingerprint density at radius 2 is 1.88 bits per heavy atom. The molecule has 7 heteroatoms. The zero-order valence-corrected chi connectivity index (χ0v) is 20.2. The summed E-state index contributed by atoms with van der Waals surface area (Å²) >= 11 is 3.31. The van der Waals surface area contributed by atoms with Crippen molar-refractivity contribution in [2.45, 2.75) is 44.8 Å². The average molecular weight is 463 g/mol. The monoisotopic (exact) mass is 462 g/mol. The van der Waals surface area contributed by atoms with E-state index in [0.29, 0.717) is 13.2 Å². The molecule has 0 saturated carbocycles. The summed E-state index contributed by atoms with van der Waals surface area (Å²) in [5, 5.41) is 12.8. The molecule has 2 heterocycles. The third-order valence-corrected chi connectivity index (χ3v) is 7.22. The lowest BCUT2D eigenvalue weighted by Gasteiger charge is -2.11. The minimum atomic E-state index is 0.361. The number of thioether (sulfide) groups is 1. The topological polar surface area (TPSA) is 52.8 Å². The first-order valence-electron chi connectivity index (χ1n) is 10.4. The maximum absolute atomic E-state index is 6.05. The molecular formula is C25H26N4OS2. The Hall–Kier alpha value is -2.90. The number of allylic oxidation sites excluding steroid dienone is 1. The molecule has 0 spiro atoms. The summed E-state index contributed by atoms with van der Waals surface area (Å²) in [7, 11) is 0. The predicted octanol–water partition coefficient (Wildman–Crippen LogP) is 6.38. The molecule has 0 bridgehead atoms. The first kappa shape index (κ1) is 22.3. The van der Waals surface area contributed by atoms with E-state index in [4.69, 9.17) is 9.72 Å². The first-order chi connectivity index (χ1) is 15.6. The molecule has 4 rings (SSSR count). The fourth-order valence-electron chi connectivity index (χ4n) is 3.32. The second-order valence-corrected chi connectivity index (χ2v) is 9.33. The van der Waals surface area contributed by atoms with Crippen LogP contribution in [0.1, 0.15) is 28.2 Å². The lowest BCUT2D eigenvalue weighted by molar-refractivity contribution is 0.287. The molecular weight excluding hydrogens is 436 g/mol. The van der Waals surface area contributed by atoms with Crippen LogP contribution in [-0.2, 0) is 18.9 Å². The van der Waals surface area contributed by atoms with Gasteiger partial charge >= 0.3 is 0 Å². The van der Waals surface area contributed by atoms with Gasteiger partial charge in [0.25, 0.3) is 0 Å². The maximum atomic E-state index is 6.05. The number of benzene rings is 2. The van der Waals surface area contributed by atoms with Crippen molar-refractivity contribution < 1.29 is 4.74 Å². The standard InChI is InChI=1S/C25H26N4OS2/c1-5-13-29-23(14-30-22-12-8-10-17(2)19(22)4)27-28-25(29)32-16-20-15-31-24(26-20)21-11-7-6-9-18(21)3/h5-12,15H,1,13-14,16H2,2-4H3. The van der Waals surface area contributed by atoms with Crippen molar-refractivity contribution in [1.82, 2.24) is 19.7 Å². The summed E-state index contributed by atoms with van der Waals surface area (Å²) in [5.74, 6) is 2.39. The third kappa shape index (κ3) is 4.95. The van der Waals surface area contributed by atoms with Crippen molar-refractivity contribution in [3.05, 3.63) is 88.7 Å². The molecule has 0 radical (unpaired) electrons. The smallest absolute Gasteiger partial charge is 0.191 e. The summed E-state index contributed by atoms with van der Waals surface area (Å²) in [6.45, 7) is 11.1. The molecule has 0 aliphatic heterocycles. The SMILES string of the molecule is C=CCn1c(COc2cccc(C)c2C)nnc1SCc1csc(-c2ccccc2C)n1. The Kier molecular flexibility index (Phi) is 7.07. The largest absolute Gasteiger partial charge is 0.485 e. The quantitative estimate of drug-likeness (QED) is 0.213. The molecule has 0 N–H and O–H groups in total. The van der Waals surface area contributed by atoms with Crippen LogP contribution in [0.4, 0.5) is 0 Å². The van der Waals surface area contributed by atoms with E-state index in [1.807, 2.05) is 18.2 Å². The van der Waals surface area contributed by atoms with E-state index < -0.39 is 0 Å². The summed E-state index contributed by atoms with van der Waals surface area (Å²) in [6.07, 6.45) is 1.86. The third-order valence-electron chi connectivity index (χ3n) is 5.29. The summed E-state index contributed by atoms with van der Waals surface area (Å²) in [6, 6.07) is 14.4. The highest BCUT2D eigenvalue weighted by atomic mass is 32.2. The van der Waals surface area contributed by atoms with Crippen LogP contribution in [0.3, 0.4) is 0 Å². The molecule has 0 amide bonds. The molecule has 0 atom stereocenters. The van der Waals surface area contributed by atoms with Gasteiger partial charge in [-0.15, -0.1) is 28.1 Å². The van der Waals surface area contributed by atoms with Gasteiger partial charge in [-0.25, -0.2) is 4.98 Å². The van der Waals surface area contributed by atoms with E-state index >= 15 is 0 Å². The van der Waals surface area contributed by atoms with Gasteiger partial charge in [-0.05, 0) is 43.5 Å². The number of thiazole rings is 1. The predicted molar refractivity (Wildman–Crippen MR) is 132 cm³/mol. The maximum Gasteiger partial charge on any atom is 0.191 e. The molecule has 2 aromatic heterocycles. The van der Waals surface area contributed by atoms with Crippen LogP contribution in [0.5, 0.6) is 5.75 Å². The van der Waals surface area contributed by atoms with Crippen LogP contribution >= 0.6 is 23.1 Å². The van der Waals surface area contributed by atoms with Crippen molar-refractivity contribution in [2.24, 2.45) is 0 Å². The molecule has 4 aromatic rings. The highest BCUT2D eigenvalue weighted by molar-refractivity contribution is 7.98. The number of hydrogen-bond donors (Lipinski definition) is 0. The van der Waals surface area contributed by atoms with Crippen molar-refractivity contribution in [1.29, 1.82) is 0 Å². The molecule has 5 nitrogen and oxygen atoms in total. The highest BCUT2D eigenvalue weighted by Gasteiger charge is 2.15. The second-order valence-electron chi connectivity index (χ2n) is 7.53. The van der Waals surface area contributed by atoms with Crippen LogP contribution in [-0.4, -0.2) is 19.7 Å². The summed E-state index contributed by atoms with van der Waals surface area (Å²) < 4.78 is 8.11. The van der Waals surface area contributed by atoms with E-state index in [0.717, 1.165) is 38.7 Å². The molecule has 0 unspecified atom stereocenters. The second kappa shape index (κ2) is 10.1. The normalized spacial score (nSPS) is 11.0. The highest BCUT2D eigenvalue weighted by Crippen LogP contribution is 2.30. The van der Waals surface area contributed by atoms with E-state index in [2.05, 4.69) is 77.8 Å². The number of aromatic nitrogens is 4. The Bertz CT molecular complexity index is 1230. The number of ether oxygens (including phenoxy) is 1. The Labute approximate surface area is 197 Å². The van der Waals surface area contributed by atoms with Crippen LogP contribution < -0.4 is 4.74 Å². The van der Waals surface area contributed by atoms with E-state index in [9.17, 15) is 0 Å². The van der Waals surface area contributed by atoms with Crippen molar-refractivity contribution >= 4 is 23.1 Å². The van der Waals surface area contributed by atoms with Gasteiger partial charge in [0.1, 0.15) is 17.4 Å². The molecule has 0 fully saturated rings. The van der Waals surface area contributed by atoms with E-state index in [-0.39, 0.29) is 0 Å². The molecule has 164 valence electrons. The summed E-state index contributed by atoms with van der Waals surface area (Å²) in [5.41, 5.74) is 5.82. The Balaban J connectivity index is 1.45. The number of hydrogen-bond acceptors (Lipinski definition) is 6. The molecule has 0 aliphatic carbocycles. The Morgan fingerprint density at radius 3 is 2.69 bits per heavy atom. The van der Waals surface area contributed by atoms with Gasteiger partial charge in [0, 0.05) is 23.2 Å². The van der Waals surface area contributed by atoms with Gasteiger partial charge in [0.05, 0.1) is 5.69 Å². The minimum Gasteiger partial charge on any atom is -0.485 e. The molecule has 0 aliphatic rings. The van der Waals surface area contributed by atoms with Gasteiger partial charge in [-0.3, -0.25) is 4.57 Å². The number of rotatable bonds is 9. The fourth-order valence-corrected chi connectivity index (χ4v) is 5.19. The van der Waals surface area contributed by atoms with Gasteiger partial charge in [-0.2, -0.15) is 0 Å². The van der Waals surface area contributed by atoms with Crippen molar-refractivity contribution in [3.8, 4) is 16.3 Å². The van der Waals surface area contributed by atoms with Crippen LogP contribution in [0.15, 0.2) is 65.7 Å². The lowest BCUT2D eigenvalue weighted by atomic mass is 10.1. The van der Waals surface area contributed by atoms with E-state index in [1.54, 1.807) is 23.1 Å². The molecule has 0 saturated heterocycles. The lowest BCUT2D eigenvalue weighted by Crippen LogP contribution is -2.08. The van der Waals surface area contributed by atoms with Gasteiger partial charge < -0.3 is 4.74 Å². The molecule has 2 aromatic carbocycles. The zero-order chi connectivity index (χ0) is 22.5. The van der Waals surface area contributed by atoms with Crippen molar-refractivity contribution in [3.63, 3.8) is 0 Å². The Morgan fingerprint density at radius 1 is 1.06 bits per heavy atom. The first-order valence-corrected chi connectivity index (χ1v) is 12.3. The fraction of sp³-hybridized carbons (Fsp3) is 0.240. The van der Waals surface area contributed by atoms with Crippen LogP contribution in [0, 0.1) is 20.8 Å². The van der Waals surface area contributed by atoms with Gasteiger partial charge in [0.2, 0.25) is 0 Å². The zero-order valence-electron chi connectivity index (χ0n) is 18.5. The number of nitrogens with zero attached hydrogens (tertiary/aromatic N) is 4. The van der Waals surface area contributed by atoms with Gasteiger partial charge in [0.15, 0.2) is 11.0 Å². The minimum absolute atomic E-state index is 0.361. The van der Waals surface area contributed by atoms with Crippen LogP contribution in [0.2, 0.25) is 0 Å². The van der Waals surface area contributed by atoms with Crippen LogP contribution in [0.25, 0.3) is 10.6 Å². The van der Waals surface area contributed by atoms with E-state index in [1.165, 1.54) is 16.7 Å². The van der Waals surface area contributed by atoms with Gasteiger partial charge in [-0.1, -0.05) is 54.2 Å². The molecule has 32 heavy (non-hydrogen) atoms. The average Bonchev–Trinajstić information content (AvgIpc) is 3.41. The number of aryl methyl sites for hydroxylation is 2.